The lowest BCUT2D eigenvalue weighted by Gasteiger charge is -2.60. The van der Waals surface area contributed by atoms with Crippen LogP contribution in [0.2, 0.25) is 0 Å². The number of ether oxygens (including phenoxy) is 1. The average Bonchev–Trinajstić information content (AvgIpc) is 3.44. The molecular formula is C47H76O3. The summed E-state index contributed by atoms with van der Waals surface area (Å²) in [5.74, 6) is 4.56. The monoisotopic (exact) mass is 689 g/mol. The first-order valence-electron chi connectivity index (χ1n) is 21.3. The number of esters is 1. The van der Waals surface area contributed by atoms with Crippen molar-refractivity contribution in [1.82, 2.24) is 0 Å². The first-order chi connectivity index (χ1) is 24.1. The molecular weight excluding hydrogens is 613 g/mol. The smallest absolute Gasteiger partial charge is 0.306 e. The van der Waals surface area contributed by atoms with Crippen LogP contribution in [0.25, 0.3) is 0 Å². The highest BCUT2D eigenvalue weighted by Gasteiger charge is 2.61. The highest BCUT2D eigenvalue weighted by atomic mass is 16.5. The van der Waals surface area contributed by atoms with E-state index in [0.717, 1.165) is 56.8 Å². The summed E-state index contributed by atoms with van der Waals surface area (Å²) < 4.78 is 6.40. The predicted octanol–water partition coefficient (Wildman–Crippen LogP) is 12.9. The number of aliphatic hydroxyl groups is 1. The maximum absolute atomic E-state index is 13.3. The van der Waals surface area contributed by atoms with Crippen LogP contribution in [-0.2, 0) is 9.53 Å². The lowest BCUT2D eigenvalue weighted by Crippen LogP contribution is -2.56. The third kappa shape index (κ3) is 10.2. The maximum Gasteiger partial charge on any atom is 0.306 e. The number of hydrogen-bond acceptors (Lipinski definition) is 3. The SMILES string of the molecule is CCCCC/C=C\C/C=C\C/C=C\CCCCC(=O)OC1C[C@@H](O)CC2=CC[C@H]3[C@@H]4CC[C@H]([C@H](C)/C=C/[C@H](CC)C(C)C)[C@@]4(C)CC[C@@H]3[C@]21C. The van der Waals surface area contributed by atoms with Gasteiger partial charge in [-0.25, -0.2) is 0 Å². The number of aliphatic hydroxyl groups excluding tert-OH is 1. The van der Waals surface area contributed by atoms with E-state index in [9.17, 15) is 9.90 Å². The fraction of sp³-hybridized carbons (Fsp3) is 0.766. The quantitative estimate of drug-likeness (QED) is 0.0834. The van der Waals surface area contributed by atoms with Crippen molar-refractivity contribution in [3.05, 3.63) is 60.3 Å². The molecule has 4 rings (SSSR count). The van der Waals surface area contributed by atoms with Gasteiger partial charge in [0.25, 0.3) is 0 Å². The fourth-order valence-electron chi connectivity index (χ4n) is 11.1. The van der Waals surface area contributed by atoms with Gasteiger partial charge in [0.05, 0.1) is 6.10 Å². The summed E-state index contributed by atoms with van der Waals surface area (Å²) in [7, 11) is 0. The molecule has 4 aliphatic rings. The minimum absolute atomic E-state index is 0.0737. The summed E-state index contributed by atoms with van der Waals surface area (Å²) in [5, 5.41) is 10.9. The van der Waals surface area contributed by atoms with Crippen LogP contribution < -0.4 is 0 Å². The predicted molar refractivity (Wildman–Crippen MR) is 213 cm³/mol. The highest BCUT2D eigenvalue weighted by Crippen LogP contribution is 2.67. The average molecular weight is 689 g/mol. The zero-order valence-corrected chi connectivity index (χ0v) is 33.4. The van der Waals surface area contributed by atoms with Gasteiger partial charge in [-0.1, -0.05) is 122 Å². The molecule has 0 aromatic rings. The Morgan fingerprint density at radius 3 is 2.24 bits per heavy atom. The molecule has 3 heteroatoms. The van der Waals surface area contributed by atoms with Crippen LogP contribution in [0, 0.1) is 52.3 Å². The summed E-state index contributed by atoms with van der Waals surface area (Å²) >= 11 is 0. The summed E-state index contributed by atoms with van der Waals surface area (Å²) in [6.07, 6.45) is 39.8. The van der Waals surface area contributed by atoms with E-state index in [2.05, 4.69) is 103 Å². The molecule has 10 atom stereocenters. The van der Waals surface area contributed by atoms with Crippen LogP contribution in [0.4, 0.5) is 0 Å². The molecule has 3 fully saturated rings. The van der Waals surface area contributed by atoms with Crippen LogP contribution in [0.1, 0.15) is 164 Å². The molecule has 0 aliphatic heterocycles. The van der Waals surface area contributed by atoms with Gasteiger partial charge in [0.15, 0.2) is 0 Å². The Balaban J connectivity index is 1.28. The van der Waals surface area contributed by atoms with E-state index in [0.29, 0.717) is 47.8 Å². The summed E-state index contributed by atoms with van der Waals surface area (Å²) in [6, 6.07) is 0. The molecule has 0 heterocycles. The van der Waals surface area contributed by atoms with Crippen molar-refractivity contribution in [2.45, 2.75) is 176 Å². The minimum atomic E-state index is -0.417. The molecule has 0 aromatic heterocycles. The lowest BCUT2D eigenvalue weighted by molar-refractivity contribution is -0.169. The molecule has 0 aromatic carbocycles. The van der Waals surface area contributed by atoms with Gasteiger partial charge >= 0.3 is 5.97 Å². The Morgan fingerprint density at radius 2 is 1.58 bits per heavy atom. The molecule has 0 bridgehead atoms. The summed E-state index contributed by atoms with van der Waals surface area (Å²) in [4.78, 5) is 13.3. The Morgan fingerprint density at radius 1 is 0.900 bits per heavy atom. The van der Waals surface area contributed by atoms with Crippen molar-refractivity contribution in [3.8, 4) is 0 Å². The Labute approximate surface area is 308 Å². The molecule has 3 saturated carbocycles. The molecule has 282 valence electrons. The van der Waals surface area contributed by atoms with E-state index in [1.54, 1.807) is 0 Å². The van der Waals surface area contributed by atoms with Gasteiger partial charge in [-0.2, -0.15) is 0 Å². The van der Waals surface area contributed by atoms with Crippen LogP contribution in [0.5, 0.6) is 0 Å². The van der Waals surface area contributed by atoms with E-state index in [4.69, 9.17) is 4.74 Å². The summed E-state index contributed by atoms with van der Waals surface area (Å²) in [6.45, 7) is 16.8. The zero-order valence-electron chi connectivity index (χ0n) is 33.4. The maximum atomic E-state index is 13.3. The van der Waals surface area contributed by atoms with Gasteiger partial charge in [-0.05, 0) is 137 Å². The van der Waals surface area contributed by atoms with Gasteiger partial charge in [-0.3, -0.25) is 4.79 Å². The molecule has 0 spiro atoms. The zero-order chi connectivity index (χ0) is 36.1. The molecule has 0 amide bonds. The molecule has 0 saturated heterocycles. The van der Waals surface area contributed by atoms with E-state index in [-0.39, 0.29) is 17.5 Å². The van der Waals surface area contributed by atoms with E-state index < -0.39 is 6.10 Å². The third-order valence-corrected chi connectivity index (χ3v) is 14.1. The van der Waals surface area contributed by atoms with Gasteiger partial charge in [0.2, 0.25) is 0 Å². The van der Waals surface area contributed by atoms with Crippen LogP contribution in [0.3, 0.4) is 0 Å². The number of rotatable bonds is 19. The Hall–Kier alpha value is -1.87. The third-order valence-electron chi connectivity index (χ3n) is 14.1. The van der Waals surface area contributed by atoms with Gasteiger partial charge in [0, 0.05) is 18.3 Å². The normalized spacial score (nSPS) is 34.0. The van der Waals surface area contributed by atoms with Crippen molar-refractivity contribution in [2.24, 2.45) is 52.3 Å². The number of unbranched alkanes of at least 4 members (excludes halogenated alkanes) is 5. The van der Waals surface area contributed by atoms with Crippen LogP contribution >= 0.6 is 0 Å². The summed E-state index contributed by atoms with van der Waals surface area (Å²) in [5.41, 5.74) is 1.59. The molecule has 0 radical (unpaired) electrons. The first-order valence-corrected chi connectivity index (χ1v) is 21.3. The van der Waals surface area contributed by atoms with Crippen molar-refractivity contribution in [3.63, 3.8) is 0 Å². The second-order valence-corrected chi connectivity index (χ2v) is 17.6. The van der Waals surface area contributed by atoms with Crippen molar-refractivity contribution in [2.75, 3.05) is 0 Å². The minimum Gasteiger partial charge on any atom is -0.461 e. The lowest BCUT2D eigenvalue weighted by atomic mass is 9.46. The first kappa shape index (κ1) is 40.9. The molecule has 3 nitrogen and oxygen atoms in total. The fourth-order valence-corrected chi connectivity index (χ4v) is 11.1. The second-order valence-electron chi connectivity index (χ2n) is 17.6. The van der Waals surface area contributed by atoms with Crippen molar-refractivity contribution >= 4 is 5.97 Å². The number of fused-ring (bicyclic) bond motifs is 5. The van der Waals surface area contributed by atoms with Gasteiger partial charge in [0.1, 0.15) is 6.10 Å². The number of carbonyl (C=O) groups is 1. The van der Waals surface area contributed by atoms with E-state index >= 15 is 0 Å². The topological polar surface area (TPSA) is 46.5 Å². The molecule has 4 aliphatic carbocycles. The van der Waals surface area contributed by atoms with Crippen molar-refractivity contribution in [1.29, 1.82) is 0 Å². The van der Waals surface area contributed by atoms with Crippen LogP contribution in [-0.4, -0.2) is 23.3 Å². The molecule has 50 heavy (non-hydrogen) atoms. The largest absolute Gasteiger partial charge is 0.461 e. The molecule has 1 unspecified atom stereocenters. The Kier molecular flexibility index (Phi) is 16.2. The van der Waals surface area contributed by atoms with Crippen LogP contribution in [0.15, 0.2) is 60.3 Å². The van der Waals surface area contributed by atoms with Gasteiger partial charge < -0.3 is 9.84 Å². The number of carbonyl (C=O) groups excluding carboxylic acids is 1. The number of hydrogen-bond donors (Lipinski definition) is 1. The van der Waals surface area contributed by atoms with E-state index in [1.165, 1.54) is 63.4 Å². The number of allylic oxidation sites excluding steroid dienone is 9. The standard InChI is InChI=1S/C47H76O3/c1-8-10-11-12-13-14-15-16-17-18-19-20-21-22-23-24-45(49)50-44-34-39(48)33-38-27-28-40-42-30-29-41(36(5)25-26-37(9-2)35(3)4)46(42,6)32-31-43(40)47(38,44)7/h13-14,16-17,19-20,25-27,35-37,39-44,48H,8-12,15,18,21-24,28-34H2,1-7H3/b14-13-,17-16-,20-19-,26-25+/t36-,37+,39+,40+,41-,42+,43+,44?,46-,47+/m1/s1. The Bertz CT molecular complexity index is 1190. The van der Waals surface area contributed by atoms with E-state index in [1.807, 2.05) is 0 Å². The van der Waals surface area contributed by atoms with Crippen molar-refractivity contribution < 1.29 is 14.6 Å². The highest BCUT2D eigenvalue weighted by molar-refractivity contribution is 5.69. The second kappa shape index (κ2) is 19.8. The van der Waals surface area contributed by atoms with Gasteiger partial charge in [-0.15, -0.1) is 0 Å². The molecule has 1 N–H and O–H groups in total.